The number of hydrogen-bond acceptors (Lipinski definition) is 2. The van der Waals surface area contributed by atoms with Crippen molar-refractivity contribution >= 4 is 5.97 Å². The number of carbonyl (C=O) groups excluding carboxylic acids is 1. The minimum absolute atomic E-state index is 0.0712. The van der Waals surface area contributed by atoms with Gasteiger partial charge < -0.3 is 4.74 Å². The summed E-state index contributed by atoms with van der Waals surface area (Å²) in [4.78, 5) is 11.4. The van der Waals surface area contributed by atoms with Crippen LogP contribution >= 0.6 is 0 Å². The maximum Gasteiger partial charge on any atom is 0.302 e. The Kier molecular flexibility index (Phi) is 6.57. The quantitative estimate of drug-likeness (QED) is 0.449. The number of carbonyl (C=O) groups is 1. The van der Waals surface area contributed by atoms with Crippen molar-refractivity contribution in [3.05, 3.63) is 34.4 Å². The van der Waals surface area contributed by atoms with E-state index in [1.165, 1.54) is 51.0 Å². The van der Waals surface area contributed by atoms with Crippen LogP contribution in [0.5, 0.6) is 0 Å². The molecule has 172 valence electrons. The van der Waals surface area contributed by atoms with Crippen molar-refractivity contribution in [1.29, 1.82) is 0 Å². The topological polar surface area (TPSA) is 26.3 Å². The molecule has 1 saturated carbocycles. The van der Waals surface area contributed by atoms with Gasteiger partial charge in [-0.15, -0.1) is 0 Å². The van der Waals surface area contributed by atoms with Gasteiger partial charge in [-0.2, -0.15) is 0 Å². The molecule has 31 heavy (non-hydrogen) atoms. The van der Waals surface area contributed by atoms with Crippen LogP contribution in [0.4, 0.5) is 0 Å². The van der Waals surface area contributed by atoms with E-state index in [9.17, 15) is 4.79 Å². The van der Waals surface area contributed by atoms with Crippen LogP contribution in [0.1, 0.15) is 108 Å². The fourth-order valence-electron chi connectivity index (χ4n) is 7.40. The van der Waals surface area contributed by atoms with Crippen molar-refractivity contribution in [3.63, 3.8) is 0 Å². The van der Waals surface area contributed by atoms with E-state index >= 15 is 0 Å². The molecule has 0 spiro atoms. The van der Waals surface area contributed by atoms with Gasteiger partial charge >= 0.3 is 5.97 Å². The average Bonchev–Trinajstić information content (AvgIpc) is 3.08. The van der Waals surface area contributed by atoms with Gasteiger partial charge in [-0.25, -0.2) is 0 Å². The van der Waals surface area contributed by atoms with Crippen molar-refractivity contribution < 1.29 is 9.53 Å². The van der Waals surface area contributed by atoms with Crippen molar-refractivity contribution in [1.82, 2.24) is 0 Å². The van der Waals surface area contributed by atoms with Crippen molar-refractivity contribution in [3.8, 4) is 0 Å². The SMILES string of the molecule is CC(=O)O[C@H]1CCc2c(ccc3c2CC[C@@]2(C)[C@@H]3CC[C@@H]2[C@H](C)CC[C@H](C)C(C)C)C1. The zero-order chi connectivity index (χ0) is 22.3. The Labute approximate surface area is 190 Å². The smallest absolute Gasteiger partial charge is 0.302 e. The second kappa shape index (κ2) is 8.91. The standard InChI is InChI=1S/C29H44O2/c1-18(2)19(3)7-8-20(4)27-13-14-28-26-11-9-22-17-23(31-21(5)30)10-12-24(22)25(26)15-16-29(27,28)6/h9,11,18-20,23,27-28H,7-8,10,12-17H2,1-6H3/t19-,20+,23-,27+,28+,29+/m0/s1. The first-order chi connectivity index (χ1) is 14.7. The Morgan fingerprint density at radius 1 is 1.06 bits per heavy atom. The third kappa shape index (κ3) is 4.33. The van der Waals surface area contributed by atoms with E-state index < -0.39 is 0 Å². The van der Waals surface area contributed by atoms with Gasteiger partial charge in [-0.1, -0.05) is 59.6 Å². The fraction of sp³-hybridized carbons (Fsp3) is 0.759. The molecule has 0 N–H and O–H groups in total. The molecule has 2 heteroatoms. The predicted molar refractivity (Wildman–Crippen MR) is 128 cm³/mol. The van der Waals surface area contributed by atoms with Gasteiger partial charge in [-0.3, -0.25) is 4.79 Å². The predicted octanol–water partition coefficient (Wildman–Crippen LogP) is 7.26. The summed E-state index contributed by atoms with van der Waals surface area (Å²) in [7, 11) is 0. The Morgan fingerprint density at radius 3 is 2.55 bits per heavy atom. The first-order valence-electron chi connectivity index (χ1n) is 13.0. The van der Waals surface area contributed by atoms with Gasteiger partial charge in [0.15, 0.2) is 0 Å². The summed E-state index contributed by atoms with van der Waals surface area (Å²) in [6.45, 7) is 13.9. The Balaban J connectivity index is 1.51. The third-order valence-electron chi connectivity index (χ3n) is 9.66. The molecule has 1 fully saturated rings. The molecule has 0 radical (unpaired) electrons. The van der Waals surface area contributed by atoms with Crippen LogP contribution in [0, 0.1) is 29.1 Å². The minimum atomic E-state index is -0.143. The number of hydrogen-bond donors (Lipinski definition) is 0. The maximum absolute atomic E-state index is 11.4. The van der Waals surface area contributed by atoms with Gasteiger partial charge in [0.05, 0.1) is 0 Å². The number of benzene rings is 1. The van der Waals surface area contributed by atoms with E-state index in [1.807, 2.05) is 0 Å². The van der Waals surface area contributed by atoms with Crippen molar-refractivity contribution in [2.75, 3.05) is 0 Å². The third-order valence-corrected chi connectivity index (χ3v) is 9.66. The van der Waals surface area contributed by atoms with Crippen LogP contribution in [0.25, 0.3) is 0 Å². The molecule has 0 aliphatic heterocycles. The summed E-state index contributed by atoms with van der Waals surface area (Å²) in [6, 6.07) is 4.83. The molecule has 0 saturated heterocycles. The molecule has 0 aromatic heterocycles. The lowest BCUT2D eigenvalue weighted by Crippen LogP contribution is -2.36. The molecule has 3 aliphatic carbocycles. The number of rotatable bonds is 6. The Morgan fingerprint density at radius 2 is 1.84 bits per heavy atom. The monoisotopic (exact) mass is 424 g/mol. The second-order valence-corrected chi connectivity index (χ2v) is 11.8. The fourth-order valence-corrected chi connectivity index (χ4v) is 7.40. The summed E-state index contributed by atoms with van der Waals surface area (Å²) in [6.07, 6.45) is 11.2. The molecule has 0 bridgehead atoms. The molecule has 0 heterocycles. The molecular formula is C29H44O2. The summed E-state index contributed by atoms with van der Waals surface area (Å²) in [5, 5.41) is 0. The molecule has 3 aliphatic rings. The zero-order valence-corrected chi connectivity index (χ0v) is 20.8. The Hall–Kier alpha value is -1.31. The lowest BCUT2D eigenvalue weighted by Gasteiger charge is -2.45. The molecular weight excluding hydrogens is 380 g/mol. The molecule has 4 rings (SSSR count). The number of fused-ring (bicyclic) bond motifs is 5. The molecule has 6 atom stereocenters. The summed E-state index contributed by atoms with van der Waals surface area (Å²) < 4.78 is 5.53. The molecule has 1 aromatic carbocycles. The lowest BCUT2D eigenvalue weighted by molar-refractivity contribution is -0.146. The number of ether oxygens (including phenoxy) is 1. The second-order valence-electron chi connectivity index (χ2n) is 11.8. The molecule has 0 amide bonds. The van der Waals surface area contributed by atoms with E-state index in [0.717, 1.165) is 48.9 Å². The van der Waals surface area contributed by atoms with Crippen LogP contribution in [-0.4, -0.2) is 12.1 Å². The highest BCUT2D eigenvalue weighted by molar-refractivity contribution is 5.66. The van der Waals surface area contributed by atoms with Gasteiger partial charge in [0.25, 0.3) is 0 Å². The van der Waals surface area contributed by atoms with Crippen LogP contribution < -0.4 is 0 Å². The summed E-state index contributed by atoms with van der Waals surface area (Å²) in [5.74, 6) is 3.93. The van der Waals surface area contributed by atoms with Crippen molar-refractivity contribution in [2.24, 2.45) is 29.1 Å². The van der Waals surface area contributed by atoms with Gasteiger partial charge in [0.1, 0.15) is 6.10 Å². The lowest BCUT2D eigenvalue weighted by atomic mass is 9.59. The highest BCUT2D eigenvalue weighted by atomic mass is 16.5. The highest BCUT2D eigenvalue weighted by Gasteiger charge is 2.51. The number of esters is 1. The molecule has 0 unspecified atom stereocenters. The average molecular weight is 425 g/mol. The van der Waals surface area contributed by atoms with Gasteiger partial charge in [0, 0.05) is 13.3 Å². The molecule has 1 aromatic rings. The van der Waals surface area contributed by atoms with E-state index in [1.54, 1.807) is 16.7 Å². The minimum Gasteiger partial charge on any atom is -0.462 e. The maximum atomic E-state index is 11.4. The van der Waals surface area contributed by atoms with Gasteiger partial charge in [-0.05, 0) is 95.8 Å². The largest absolute Gasteiger partial charge is 0.462 e. The zero-order valence-electron chi connectivity index (χ0n) is 20.8. The van der Waals surface area contributed by atoms with Gasteiger partial charge in [0.2, 0.25) is 0 Å². The molecule has 2 nitrogen and oxygen atoms in total. The van der Waals surface area contributed by atoms with Crippen molar-refractivity contribution in [2.45, 2.75) is 111 Å². The highest BCUT2D eigenvalue weighted by Crippen LogP contribution is 2.61. The summed E-state index contributed by atoms with van der Waals surface area (Å²) in [5.41, 5.74) is 6.85. The van der Waals surface area contributed by atoms with E-state index in [2.05, 4.69) is 46.8 Å². The first kappa shape index (κ1) is 22.9. The summed E-state index contributed by atoms with van der Waals surface area (Å²) >= 11 is 0. The van der Waals surface area contributed by atoms with Crippen LogP contribution in [0.3, 0.4) is 0 Å². The van der Waals surface area contributed by atoms with Crippen LogP contribution in [0.2, 0.25) is 0 Å². The Bertz CT molecular complexity index is 809. The van der Waals surface area contributed by atoms with Crippen LogP contribution in [-0.2, 0) is 28.8 Å². The normalized spacial score (nSPS) is 31.5. The van der Waals surface area contributed by atoms with Crippen LogP contribution in [0.15, 0.2) is 12.1 Å². The first-order valence-corrected chi connectivity index (χ1v) is 13.0. The van der Waals surface area contributed by atoms with E-state index in [0.29, 0.717) is 5.41 Å². The van der Waals surface area contributed by atoms with E-state index in [4.69, 9.17) is 4.74 Å². The van der Waals surface area contributed by atoms with E-state index in [-0.39, 0.29) is 12.1 Å².